The monoisotopic (exact) mass is 326 g/mol. The van der Waals surface area contributed by atoms with Gasteiger partial charge in [-0.15, -0.1) is 0 Å². The Morgan fingerprint density at radius 1 is 1.00 bits per heavy atom. The summed E-state index contributed by atoms with van der Waals surface area (Å²) in [6, 6.07) is 13.5. The molecule has 0 aliphatic rings. The Labute approximate surface area is 140 Å². The number of amides is 2. The van der Waals surface area contributed by atoms with Crippen molar-refractivity contribution in [1.82, 2.24) is 5.32 Å². The molecule has 6 heteroatoms. The average molecular weight is 326 g/mol. The van der Waals surface area contributed by atoms with Gasteiger partial charge in [-0.05, 0) is 35.9 Å². The van der Waals surface area contributed by atoms with Crippen LogP contribution in [-0.2, 0) is 4.74 Å². The number of methoxy groups -OCH3 is 2. The zero-order chi connectivity index (χ0) is 17.4. The molecule has 124 valence electrons. The van der Waals surface area contributed by atoms with Gasteiger partial charge in [0.2, 0.25) is 0 Å². The molecule has 2 rings (SSSR count). The third kappa shape index (κ3) is 4.61. The van der Waals surface area contributed by atoms with E-state index in [1.807, 2.05) is 24.3 Å². The predicted molar refractivity (Wildman–Crippen MR) is 92.0 cm³/mol. The third-order valence-corrected chi connectivity index (χ3v) is 3.19. The van der Waals surface area contributed by atoms with E-state index in [2.05, 4.69) is 15.4 Å². The summed E-state index contributed by atoms with van der Waals surface area (Å²) in [5.41, 5.74) is 1.57. The maximum absolute atomic E-state index is 11.9. The molecule has 0 radical (unpaired) electrons. The molecule has 0 spiro atoms. The number of benzene rings is 2. The molecule has 2 N–H and O–H groups in total. The highest BCUT2D eigenvalue weighted by Crippen LogP contribution is 2.16. The van der Waals surface area contributed by atoms with E-state index in [0.29, 0.717) is 5.69 Å². The lowest BCUT2D eigenvalue weighted by atomic mass is 10.2. The molecule has 0 atom stereocenters. The molecule has 2 aromatic carbocycles. The van der Waals surface area contributed by atoms with E-state index in [1.54, 1.807) is 37.5 Å². The van der Waals surface area contributed by atoms with Gasteiger partial charge in [0.15, 0.2) is 0 Å². The van der Waals surface area contributed by atoms with Crippen molar-refractivity contribution in [3.05, 3.63) is 65.9 Å². The van der Waals surface area contributed by atoms with Crippen LogP contribution in [0, 0.1) is 0 Å². The van der Waals surface area contributed by atoms with Crippen molar-refractivity contribution in [1.29, 1.82) is 0 Å². The number of esters is 1. The van der Waals surface area contributed by atoms with Crippen molar-refractivity contribution in [2.75, 3.05) is 19.5 Å². The SMILES string of the molecule is COC(=O)c1ccccc1NC(=O)N/C=C/c1ccc(OC)cc1. The normalized spacial score (nSPS) is 10.2. The van der Waals surface area contributed by atoms with Crippen molar-refractivity contribution in [2.45, 2.75) is 0 Å². The second-order valence-electron chi connectivity index (χ2n) is 4.74. The first kappa shape index (κ1) is 17.1. The second kappa shape index (κ2) is 8.38. The number of urea groups is 1. The van der Waals surface area contributed by atoms with Crippen LogP contribution in [0.5, 0.6) is 5.75 Å². The molecular formula is C18H18N2O4. The molecule has 0 aliphatic carbocycles. The van der Waals surface area contributed by atoms with Gasteiger partial charge in [-0.3, -0.25) is 0 Å². The molecule has 2 aromatic rings. The van der Waals surface area contributed by atoms with Gasteiger partial charge in [0.1, 0.15) is 5.75 Å². The van der Waals surface area contributed by atoms with E-state index in [0.717, 1.165) is 11.3 Å². The van der Waals surface area contributed by atoms with E-state index >= 15 is 0 Å². The number of rotatable bonds is 5. The zero-order valence-corrected chi connectivity index (χ0v) is 13.4. The Balaban J connectivity index is 1.96. The van der Waals surface area contributed by atoms with Crippen molar-refractivity contribution < 1.29 is 19.1 Å². The first-order chi connectivity index (χ1) is 11.6. The molecule has 0 aliphatic heterocycles. The number of hydrogen-bond donors (Lipinski definition) is 2. The fourth-order valence-corrected chi connectivity index (χ4v) is 1.97. The lowest BCUT2D eigenvalue weighted by Crippen LogP contribution is -2.25. The van der Waals surface area contributed by atoms with Gasteiger partial charge in [0.05, 0.1) is 25.5 Å². The van der Waals surface area contributed by atoms with E-state index in [4.69, 9.17) is 4.74 Å². The highest BCUT2D eigenvalue weighted by molar-refractivity contribution is 6.01. The summed E-state index contributed by atoms with van der Waals surface area (Å²) in [4.78, 5) is 23.6. The molecular weight excluding hydrogens is 308 g/mol. The Morgan fingerprint density at radius 2 is 1.71 bits per heavy atom. The summed E-state index contributed by atoms with van der Waals surface area (Å²) in [6.07, 6.45) is 3.25. The van der Waals surface area contributed by atoms with E-state index in [-0.39, 0.29) is 5.56 Å². The second-order valence-corrected chi connectivity index (χ2v) is 4.74. The smallest absolute Gasteiger partial charge is 0.339 e. The molecule has 0 saturated heterocycles. The largest absolute Gasteiger partial charge is 0.497 e. The molecule has 0 aromatic heterocycles. The first-order valence-electron chi connectivity index (χ1n) is 7.19. The fraction of sp³-hybridized carbons (Fsp3) is 0.111. The number of nitrogens with one attached hydrogen (secondary N) is 2. The van der Waals surface area contributed by atoms with Crippen LogP contribution in [0.3, 0.4) is 0 Å². The maximum Gasteiger partial charge on any atom is 0.339 e. The fourth-order valence-electron chi connectivity index (χ4n) is 1.97. The van der Waals surface area contributed by atoms with Gasteiger partial charge in [0, 0.05) is 6.20 Å². The Kier molecular flexibility index (Phi) is 5.96. The van der Waals surface area contributed by atoms with Gasteiger partial charge < -0.3 is 20.1 Å². The molecule has 0 saturated carbocycles. The van der Waals surface area contributed by atoms with Gasteiger partial charge >= 0.3 is 12.0 Å². The zero-order valence-electron chi connectivity index (χ0n) is 13.4. The summed E-state index contributed by atoms with van der Waals surface area (Å²) >= 11 is 0. The van der Waals surface area contributed by atoms with Crippen molar-refractivity contribution in [2.24, 2.45) is 0 Å². The van der Waals surface area contributed by atoms with Gasteiger partial charge in [-0.25, -0.2) is 9.59 Å². The Bertz CT molecular complexity index is 739. The summed E-state index contributed by atoms with van der Waals surface area (Å²) in [6.45, 7) is 0. The van der Waals surface area contributed by atoms with E-state index in [9.17, 15) is 9.59 Å². The molecule has 6 nitrogen and oxygen atoms in total. The van der Waals surface area contributed by atoms with Crippen LogP contribution in [-0.4, -0.2) is 26.2 Å². The van der Waals surface area contributed by atoms with Crippen LogP contribution in [0.2, 0.25) is 0 Å². The maximum atomic E-state index is 11.9. The summed E-state index contributed by atoms with van der Waals surface area (Å²) in [5, 5.41) is 5.19. The lowest BCUT2D eigenvalue weighted by molar-refractivity contribution is 0.0602. The Morgan fingerprint density at radius 3 is 2.38 bits per heavy atom. The standard InChI is InChI=1S/C18H18N2O4/c1-23-14-9-7-13(8-10-14)11-12-19-18(22)20-16-6-4-3-5-15(16)17(21)24-2/h3-12H,1-2H3,(H2,19,20,22)/b12-11+. The third-order valence-electron chi connectivity index (χ3n) is 3.19. The number of ether oxygens (including phenoxy) is 2. The highest BCUT2D eigenvalue weighted by atomic mass is 16.5. The predicted octanol–water partition coefficient (Wildman–Crippen LogP) is 3.27. The number of hydrogen-bond acceptors (Lipinski definition) is 4. The van der Waals surface area contributed by atoms with Gasteiger partial charge in [-0.1, -0.05) is 24.3 Å². The van der Waals surface area contributed by atoms with Crippen LogP contribution in [0.25, 0.3) is 6.08 Å². The molecule has 24 heavy (non-hydrogen) atoms. The summed E-state index contributed by atoms with van der Waals surface area (Å²) < 4.78 is 9.76. The Hall–Kier alpha value is -3.28. The van der Waals surface area contributed by atoms with Crippen LogP contribution in [0.4, 0.5) is 10.5 Å². The van der Waals surface area contributed by atoms with Gasteiger partial charge in [0.25, 0.3) is 0 Å². The summed E-state index contributed by atoms with van der Waals surface area (Å²) in [7, 11) is 2.89. The molecule has 0 bridgehead atoms. The number of para-hydroxylation sites is 1. The summed E-state index contributed by atoms with van der Waals surface area (Å²) in [5.74, 6) is 0.247. The lowest BCUT2D eigenvalue weighted by Gasteiger charge is -2.09. The van der Waals surface area contributed by atoms with E-state index < -0.39 is 12.0 Å². The minimum Gasteiger partial charge on any atom is -0.497 e. The van der Waals surface area contributed by atoms with Crippen LogP contribution >= 0.6 is 0 Å². The topological polar surface area (TPSA) is 76.7 Å². The van der Waals surface area contributed by atoms with Crippen molar-refractivity contribution >= 4 is 23.8 Å². The van der Waals surface area contributed by atoms with Crippen molar-refractivity contribution in [3.8, 4) is 5.75 Å². The van der Waals surface area contributed by atoms with Crippen molar-refractivity contribution in [3.63, 3.8) is 0 Å². The van der Waals surface area contributed by atoms with E-state index in [1.165, 1.54) is 13.3 Å². The molecule has 0 fully saturated rings. The minimum absolute atomic E-state index is 0.286. The number of carbonyl (C=O) groups excluding carboxylic acids is 2. The highest BCUT2D eigenvalue weighted by Gasteiger charge is 2.12. The number of anilines is 1. The molecule has 0 unspecified atom stereocenters. The molecule has 2 amide bonds. The quantitative estimate of drug-likeness (QED) is 0.827. The first-order valence-corrected chi connectivity index (χ1v) is 7.19. The number of carbonyl (C=O) groups is 2. The minimum atomic E-state index is -0.514. The van der Waals surface area contributed by atoms with Crippen LogP contribution in [0.15, 0.2) is 54.7 Å². The molecule has 0 heterocycles. The van der Waals surface area contributed by atoms with Crippen LogP contribution in [0.1, 0.15) is 15.9 Å². The van der Waals surface area contributed by atoms with Crippen LogP contribution < -0.4 is 15.4 Å². The van der Waals surface area contributed by atoms with Gasteiger partial charge in [-0.2, -0.15) is 0 Å². The average Bonchev–Trinajstić information content (AvgIpc) is 2.62.